The third kappa shape index (κ3) is 2.33. The van der Waals surface area contributed by atoms with Gasteiger partial charge in [0.25, 0.3) is 0 Å². The fourth-order valence-electron chi connectivity index (χ4n) is 0.955. The van der Waals surface area contributed by atoms with Crippen LogP contribution in [-0.2, 0) is 6.42 Å². The first-order chi connectivity index (χ1) is 5.76. The van der Waals surface area contributed by atoms with E-state index >= 15 is 0 Å². The second kappa shape index (κ2) is 4.24. The number of terminal acetylenes is 1. The van der Waals surface area contributed by atoms with Crippen molar-refractivity contribution in [3.8, 4) is 12.3 Å². The van der Waals surface area contributed by atoms with Crippen molar-refractivity contribution in [2.75, 3.05) is 7.05 Å². The molecule has 0 aliphatic rings. The molecule has 0 fully saturated rings. The molecule has 0 aliphatic heterocycles. The summed E-state index contributed by atoms with van der Waals surface area (Å²) in [5, 5.41) is 6.18. The van der Waals surface area contributed by atoms with Gasteiger partial charge in [0.05, 0.1) is 16.7 Å². The van der Waals surface area contributed by atoms with Crippen molar-refractivity contribution < 1.29 is 0 Å². The number of nitrogens with zero attached hydrogens (tertiary/aromatic N) is 1. The Labute approximate surface area is 77.0 Å². The van der Waals surface area contributed by atoms with Gasteiger partial charge in [0, 0.05) is 11.8 Å². The van der Waals surface area contributed by atoms with Crippen molar-refractivity contribution in [2.45, 2.75) is 19.4 Å². The molecule has 1 atom stereocenters. The minimum atomic E-state index is 0.103. The van der Waals surface area contributed by atoms with Crippen molar-refractivity contribution >= 4 is 11.3 Å². The molecule has 0 aromatic carbocycles. The Morgan fingerprint density at radius 2 is 2.58 bits per heavy atom. The van der Waals surface area contributed by atoms with Crippen LogP contribution in [0.4, 0.5) is 0 Å². The molecule has 2 nitrogen and oxygen atoms in total. The van der Waals surface area contributed by atoms with E-state index in [0.29, 0.717) is 0 Å². The minimum Gasteiger partial charge on any atom is -0.306 e. The fraction of sp³-hybridized carbons (Fsp3) is 0.444. The number of nitrogens with one attached hydrogen (secondary N) is 1. The van der Waals surface area contributed by atoms with Crippen LogP contribution in [0.5, 0.6) is 0 Å². The Balaban J connectivity index is 2.58. The maximum absolute atomic E-state index is 5.30. The van der Waals surface area contributed by atoms with E-state index in [1.807, 2.05) is 14.0 Å². The summed E-state index contributed by atoms with van der Waals surface area (Å²) in [5.74, 6) is 2.66. The number of aromatic nitrogens is 1. The largest absolute Gasteiger partial charge is 0.306 e. The van der Waals surface area contributed by atoms with Gasteiger partial charge >= 0.3 is 0 Å². The summed E-state index contributed by atoms with van der Waals surface area (Å²) in [6, 6.07) is 0.103. The van der Waals surface area contributed by atoms with Gasteiger partial charge in [-0.15, -0.1) is 17.8 Å². The molecule has 0 amide bonds. The lowest BCUT2D eigenvalue weighted by atomic mass is 10.2. The number of thiazole rings is 1. The lowest BCUT2D eigenvalue weighted by Gasteiger charge is -2.05. The molecule has 1 aromatic rings. The summed E-state index contributed by atoms with van der Waals surface area (Å²) in [5.41, 5.74) is 1.08. The number of hydrogen-bond donors (Lipinski definition) is 1. The van der Waals surface area contributed by atoms with Crippen LogP contribution in [0, 0.1) is 19.3 Å². The Morgan fingerprint density at radius 3 is 3.00 bits per heavy atom. The molecule has 1 heterocycles. The average Bonchev–Trinajstić information content (AvgIpc) is 2.47. The summed E-state index contributed by atoms with van der Waals surface area (Å²) < 4.78 is 0. The van der Waals surface area contributed by atoms with Crippen LogP contribution in [0.2, 0.25) is 0 Å². The van der Waals surface area contributed by atoms with Gasteiger partial charge < -0.3 is 5.32 Å². The minimum absolute atomic E-state index is 0.103. The maximum atomic E-state index is 5.30. The van der Waals surface area contributed by atoms with E-state index in [1.165, 1.54) is 0 Å². The van der Waals surface area contributed by atoms with Crippen LogP contribution in [0.25, 0.3) is 0 Å². The molecular weight excluding hydrogens is 168 g/mol. The number of hydrogen-bond acceptors (Lipinski definition) is 3. The lowest BCUT2D eigenvalue weighted by molar-refractivity contribution is 0.675. The SMILES string of the molecule is C#CC(Cc1csc(C)n1)NC. The molecule has 64 valence electrons. The van der Waals surface area contributed by atoms with Crippen LogP contribution < -0.4 is 5.32 Å². The van der Waals surface area contributed by atoms with Crippen LogP contribution in [0.1, 0.15) is 10.7 Å². The molecule has 12 heavy (non-hydrogen) atoms. The topological polar surface area (TPSA) is 24.9 Å². The molecule has 0 spiro atoms. The normalized spacial score (nSPS) is 12.4. The Hall–Kier alpha value is -0.850. The molecule has 1 aromatic heterocycles. The standard InChI is InChI=1S/C9H12N2S/c1-4-8(10-3)5-9-6-12-7(2)11-9/h1,6,8,10H,5H2,2-3H3. The zero-order valence-electron chi connectivity index (χ0n) is 7.29. The first-order valence-corrected chi connectivity index (χ1v) is 4.68. The highest BCUT2D eigenvalue weighted by Crippen LogP contribution is 2.09. The zero-order valence-corrected chi connectivity index (χ0v) is 8.11. The monoisotopic (exact) mass is 180 g/mol. The molecule has 0 saturated carbocycles. The molecule has 3 heteroatoms. The molecule has 1 unspecified atom stereocenters. The predicted octanol–water partition coefficient (Wildman–Crippen LogP) is 1.22. The van der Waals surface area contributed by atoms with Gasteiger partial charge in [-0.05, 0) is 14.0 Å². The van der Waals surface area contributed by atoms with Gasteiger partial charge in [-0.2, -0.15) is 0 Å². The van der Waals surface area contributed by atoms with E-state index in [9.17, 15) is 0 Å². The lowest BCUT2D eigenvalue weighted by Crippen LogP contribution is -2.25. The fourth-order valence-corrected chi connectivity index (χ4v) is 1.58. The van der Waals surface area contributed by atoms with Crippen LogP contribution in [0.15, 0.2) is 5.38 Å². The molecule has 0 bridgehead atoms. The predicted molar refractivity (Wildman–Crippen MR) is 52.2 cm³/mol. The summed E-state index contributed by atoms with van der Waals surface area (Å²) in [6.07, 6.45) is 6.12. The van der Waals surface area contributed by atoms with Gasteiger partial charge in [0.15, 0.2) is 0 Å². The average molecular weight is 180 g/mol. The van der Waals surface area contributed by atoms with Crippen molar-refractivity contribution in [1.82, 2.24) is 10.3 Å². The van der Waals surface area contributed by atoms with E-state index in [1.54, 1.807) is 11.3 Å². The smallest absolute Gasteiger partial charge is 0.0897 e. The van der Waals surface area contributed by atoms with E-state index in [4.69, 9.17) is 6.42 Å². The van der Waals surface area contributed by atoms with Gasteiger partial charge in [-0.3, -0.25) is 0 Å². The second-order valence-electron chi connectivity index (χ2n) is 2.57. The molecule has 0 radical (unpaired) electrons. The van der Waals surface area contributed by atoms with E-state index in [2.05, 4.69) is 21.6 Å². The van der Waals surface area contributed by atoms with Crippen LogP contribution in [0.3, 0.4) is 0 Å². The zero-order chi connectivity index (χ0) is 8.97. The van der Waals surface area contributed by atoms with E-state index < -0.39 is 0 Å². The van der Waals surface area contributed by atoms with Gasteiger partial charge in [0.2, 0.25) is 0 Å². The third-order valence-electron chi connectivity index (χ3n) is 1.63. The summed E-state index contributed by atoms with van der Waals surface area (Å²) >= 11 is 1.66. The Morgan fingerprint density at radius 1 is 1.83 bits per heavy atom. The highest BCUT2D eigenvalue weighted by molar-refractivity contribution is 7.09. The van der Waals surface area contributed by atoms with E-state index in [0.717, 1.165) is 17.1 Å². The number of rotatable bonds is 3. The summed E-state index contributed by atoms with van der Waals surface area (Å²) in [6.45, 7) is 2.00. The third-order valence-corrected chi connectivity index (χ3v) is 2.45. The van der Waals surface area contributed by atoms with Gasteiger partial charge in [-0.1, -0.05) is 5.92 Å². The Kier molecular flexibility index (Phi) is 3.27. The molecule has 1 N–H and O–H groups in total. The second-order valence-corrected chi connectivity index (χ2v) is 3.63. The van der Waals surface area contributed by atoms with E-state index in [-0.39, 0.29) is 6.04 Å². The highest BCUT2D eigenvalue weighted by atomic mass is 32.1. The Bertz CT molecular complexity index is 285. The van der Waals surface area contributed by atoms with Gasteiger partial charge in [-0.25, -0.2) is 4.98 Å². The quantitative estimate of drug-likeness (QED) is 0.707. The van der Waals surface area contributed by atoms with Crippen molar-refractivity contribution in [3.05, 3.63) is 16.1 Å². The molecule has 1 rings (SSSR count). The highest BCUT2D eigenvalue weighted by Gasteiger charge is 2.05. The molecule has 0 aliphatic carbocycles. The molecule has 0 saturated heterocycles. The van der Waals surface area contributed by atoms with Gasteiger partial charge in [0.1, 0.15) is 0 Å². The first kappa shape index (κ1) is 9.24. The number of likely N-dealkylation sites (N-methyl/N-ethyl adjacent to an activating group) is 1. The van der Waals surface area contributed by atoms with Crippen molar-refractivity contribution in [2.24, 2.45) is 0 Å². The molecular formula is C9H12N2S. The number of aryl methyl sites for hydroxylation is 1. The summed E-state index contributed by atoms with van der Waals surface area (Å²) in [7, 11) is 1.86. The van der Waals surface area contributed by atoms with Crippen LogP contribution >= 0.6 is 11.3 Å². The maximum Gasteiger partial charge on any atom is 0.0897 e. The first-order valence-electron chi connectivity index (χ1n) is 3.80. The van der Waals surface area contributed by atoms with Crippen molar-refractivity contribution in [3.63, 3.8) is 0 Å². The summed E-state index contributed by atoms with van der Waals surface area (Å²) in [4.78, 5) is 4.33. The van der Waals surface area contributed by atoms with Crippen LogP contribution in [-0.4, -0.2) is 18.1 Å². The van der Waals surface area contributed by atoms with Crippen molar-refractivity contribution in [1.29, 1.82) is 0 Å².